The van der Waals surface area contributed by atoms with E-state index in [9.17, 15) is 4.79 Å². The van der Waals surface area contributed by atoms with Gasteiger partial charge in [-0.2, -0.15) is 0 Å². The van der Waals surface area contributed by atoms with Crippen LogP contribution in [0.5, 0.6) is 5.75 Å². The number of aromatic nitrogens is 1. The zero-order valence-corrected chi connectivity index (χ0v) is 17.1. The third kappa shape index (κ3) is 5.95. The SMILES string of the molecule is CCCCOc1ccc(-c2cc(C(=O)Nc3ccc(CCCC)cc3)no2)cc1. The molecule has 0 atom stereocenters. The van der Waals surface area contributed by atoms with Crippen LogP contribution in [-0.4, -0.2) is 17.7 Å². The average molecular weight is 392 g/mol. The van der Waals surface area contributed by atoms with Gasteiger partial charge in [0.25, 0.3) is 5.91 Å². The quantitative estimate of drug-likeness (QED) is 0.422. The van der Waals surface area contributed by atoms with E-state index in [0.29, 0.717) is 12.4 Å². The number of nitrogens with one attached hydrogen (secondary N) is 1. The van der Waals surface area contributed by atoms with Crippen molar-refractivity contribution in [3.05, 3.63) is 65.9 Å². The van der Waals surface area contributed by atoms with Crippen LogP contribution in [-0.2, 0) is 6.42 Å². The molecule has 0 aliphatic carbocycles. The fraction of sp³-hybridized carbons (Fsp3) is 0.333. The van der Waals surface area contributed by atoms with Crippen LogP contribution in [0.15, 0.2) is 59.1 Å². The molecular weight excluding hydrogens is 364 g/mol. The number of amides is 1. The van der Waals surface area contributed by atoms with Crippen molar-refractivity contribution in [2.24, 2.45) is 0 Å². The first-order chi connectivity index (χ1) is 14.2. The molecule has 1 amide bonds. The first-order valence-corrected chi connectivity index (χ1v) is 10.3. The zero-order chi connectivity index (χ0) is 20.5. The van der Waals surface area contributed by atoms with Gasteiger partial charge in [0, 0.05) is 17.3 Å². The number of ether oxygens (including phenoxy) is 1. The summed E-state index contributed by atoms with van der Waals surface area (Å²) in [5.74, 6) is 1.08. The van der Waals surface area contributed by atoms with E-state index >= 15 is 0 Å². The highest BCUT2D eigenvalue weighted by molar-refractivity contribution is 6.03. The monoisotopic (exact) mass is 392 g/mol. The predicted molar refractivity (Wildman–Crippen MR) is 115 cm³/mol. The first-order valence-electron chi connectivity index (χ1n) is 10.3. The molecule has 152 valence electrons. The van der Waals surface area contributed by atoms with Gasteiger partial charge in [0.1, 0.15) is 5.75 Å². The number of unbranched alkanes of at least 4 members (excludes halogenated alkanes) is 2. The molecule has 0 spiro atoms. The minimum Gasteiger partial charge on any atom is -0.494 e. The fourth-order valence-electron chi connectivity index (χ4n) is 2.90. The predicted octanol–water partition coefficient (Wildman–Crippen LogP) is 6.12. The molecule has 0 unspecified atom stereocenters. The van der Waals surface area contributed by atoms with Gasteiger partial charge in [0.2, 0.25) is 0 Å². The maximum absolute atomic E-state index is 12.5. The van der Waals surface area contributed by atoms with E-state index in [1.54, 1.807) is 6.07 Å². The minimum absolute atomic E-state index is 0.248. The molecule has 1 aromatic heterocycles. The van der Waals surface area contributed by atoms with Crippen molar-refractivity contribution in [1.82, 2.24) is 5.16 Å². The second-order valence-electron chi connectivity index (χ2n) is 7.06. The summed E-state index contributed by atoms with van der Waals surface area (Å²) in [5, 5.41) is 6.77. The standard InChI is InChI=1S/C24H28N2O3/c1-3-5-7-18-8-12-20(13-9-18)25-24(27)22-17-23(29-26-22)19-10-14-21(15-11-19)28-16-6-4-2/h8-15,17H,3-7,16H2,1-2H3,(H,25,27). The Kier molecular flexibility index (Phi) is 7.45. The Hall–Kier alpha value is -3.08. The molecule has 2 aromatic carbocycles. The van der Waals surface area contributed by atoms with Crippen molar-refractivity contribution in [2.75, 3.05) is 11.9 Å². The van der Waals surface area contributed by atoms with Gasteiger partial charge in [-0.25, -0.2) is 0 Å². The van der Waals surface area contributed by atoms with Crippen molar-refractivity contribution in [1.29, 1.82) is 0 Å². The van der Waals surface area contributed by atoms with E-state index in [-0.39, 0.29) is 11.6 Å². The Morgan fingerprint density at radius 2 is 1.72 bits per heavy atom. The normalized spacial score (nSPS) is 10.7. The van der Waals surface area contributed by atoms with E-state index in [2.05, 4.69) is 24.3 Å². The Bertz CT molecular complexity index is 899. The molecule has 0 fully saturated rings. The molecule has 29 heavy (non-hydrogen) atoms. The van der Waals surface area contributed by atoms with E-state index in [1.165, 1.54) is 18.4 Å². The number of hydrogen-bond donors (Lipinski definition) is 1. The maximum atomic E-state index is 12.5. The number of benzene rings is 2. The lowest BCUT2D eigenvalue weighted by molar-refractivity contribution is 0.101. The average Bonchev–Trinajstić information content (AvgIpc) is 3.24. The molecule has 0 aliphatic heterocycles. The van der Waals surface area contributed by atoms with Crippen LogP contribution in [0.4, 0.5) is 5.69 Å². The van der Waals surface area contributed by atoms with Crippen molar-refractivity contribution < 1.29 is 14.1 Å². The first kappa shape index (κ1) is 20.6. The van der Waals surface area contributed by atoms with Gasteiger partial charge in [0.15, 0.2) is 11.5 Å². The lowest BCUT2D eigenvalue weighted by atomic mass is 10.1. The number of rotatable bonds is 10. The summed E-state index contributed by atoms with van der Waals surface area (Å²) in [6.45, 7) is 5.02. The number of carbonyl (C=O) groups excluding carboxylic acids is 1. The summed E-state index contributed by atoms with van der Waals surface area (Å²) in [7, 11) is 0. The maximum Gasteiger partial charge on any atom is 0.277 e. The van der Waals surface area contributed by atoms with Crippen LogP contribution >= 0.6 is 0 Å². The number of nitrogens with zero attached hydrogens (tertiary/aromatic N) is 1. The number of hydrogen-bond acceptors (Lipinski definition) is 4. The highest BCUT2D eigenvalue weighted by atomic mass is 16.5. The molecule has 3 aromatic rings. The molecule has 3 rings (SSSR count). The zero-order valence-electron chi connectivity index (χ0n) is 17.1. The second kappa shape index (κ2) is 10.5. The highest BCUT2D eigenvalue weighted by Gasteiger charge is 2.14. The summed E-state index contributed by atoms with van der Waals surface area (Å²) in [6, 6.07) is 17.2. The van der Waals surface area contributed by atoms with E-state index in [0.717, 1.165) is 36.3 Å². The summed E-state index contributed by atoms with van der Waals surface area (Å²) in [6.07, 6.45) is 5.52. The van der Waals surface area contributed by atoms with Crippen molar-refractivity contribution in [2.45, 2.75) is 46.0 Å². The second-order valence-corrected chi connectivity index (χ2v) is 7.06. The van der Waals surface area contributed by atoms with Crippen LogP contribution in [0.1, 0.15) is 55.6 Å². The highest BCUT2D eigenvalue weighted by Crippen LogP contribution is 2.24. The van der Waals surface area contributed by atoms with Gasteiger partial charge in [-0.1, -0.05) is 44.0 Å². The van der Waals surface area contributed by atoms with E-state index in [1.807, 2.05) is 48.5 Å². The van der Waals surface area contributed by atoms with Crippen LogP contribution in [0.2, 0.25) is 0 Å². The molecule has 5 heteroatoms. The van der Waals surface area contributed by atoms with Crippen molar-refractivity contribution >= 4 is 11.6 Å². The molecule has 1 heterocycles. The molecule has 0 bridgehead atoms. The van der Waals surface area contributed by atoms with Crippen molar-refractivity contribution in [3.8, 4) is 17.1 Å². The van der Waals surface area contributed by atoms with Gasteiger partial charge in [-0.15, -0.1) is 0 Å². The Labute approximate surface area is 172 Å². The molecule has 0 saturated heterocycles. The summed E-state index contributed by atoms with van der Waals surface area (Å²) in [4.78, 5) is 12.5. The number of aryl methyl sites for hydroxylation is 1. The van der Waals surface area contributed by atoms with Gasteiger partial charge >= 0.3 is 0 Å². The third-order valence-electron chi connectivity index (χ3n) is 4.68. The van der Waals surface area contributed by atoms with Crippen LogP contribution in [0.3, 0.4) is 0 Å². The fourth-order valence-corrected chi connectivity index (χ4v) is 2.90. The lowest BCUT2D eigenvalue weighted by Crippen LogP contribution is -2.12. The topological polar surface area (TPSA) is 64.4 Å². The van der Waals surface area contributed by atoms with E-state index in [4.69, 9.17) is 9.26 Å². The molecule has 1 N–H and O–H groups in total. The summed E-state index contributed by atoms with van der Waals surface area (Å²) >= 11 is 0. The molecular formula is C24H28N2O3. The molecule has 0 aliphatic rings. The van der Waals surface area contributed by atoms with Crippen molar-refractivity contribution in [3.63, 3.8) is 0 Å². The Balaban J connectivity index is 1.59. The largest absolute Gasteiger partial charge is 0.494 e. The minimum atomic E-state index is -0.291. The smallest absolute Gasteiger partial charge is 0.277 e. The van der Waals surface area contributed by atoms with Crippen LogP contribution < -0.4 is 10.1 Å². The van der Waals surface area contributed by atoms with Gasteiger partial charge in [-0.05, 0) is 61.2 Å². The van der Waals surface area contributed by atoms with Gasteiger partial charge in [0.05, 0.1) is 6.61 Å². The van der Waals surface area contributed by atoms with Crippen LogP contribution in [0, 0.1) is 0 Å². The number of anilines is 1. The van der Waals surface area contributed by atoms with Gasteiger partial charge < -0.3 is 14.6 Å². The third-order valence-corrected chi connectivity index (χ3v) is 4.68. The Morgan fingerprint density at radius 3 is 2.41 bits per heavy atom. The molecule has 5 nitrogen and oxygen atoms in total. The summed E-state index contributed by atoms with van der Waals surface area (Å²) < 4.78 is 11.0. The lowest BCUT2D eigenvalue weighted by Gasteiger charge is -2.05. The summed E-state index contributed by atoms with van der Waals surface area (Å²) in [5.41, 5.74) is 3.11. The van der Waals surface area contributed by atoms with Crippen LogP contribution in [0.25, 0.3) is 11.3 Å². The number of carbonyl (C=O) groups is 1. The Morgan fingerprint density at radius 1 is 1.00 bits per heavy atom. The van der Waals surface area contributed by atoms with Gasteiger partial charge in [-0.3, -0.25) is 4.79 Å². The molecule has 0 radical (unpaired) electrons. The van der Waals surface area contributed by atoms with E-state index < -0.39 is 0 Å². The molecule has 0 saturated carbocycles.